The normalized spacial score (nSPS) is 10.0. The molecular formula is C8H11NOS. The average Bonchev–Trinajstić information content (AvgIpc) is 2.31. The van der Waals surface area contributed by atoms with Gasteiger partial charge in [0.05, 0.1) is 11.2 Å². The van der Waals surface area contributed by atoms with Crippen LogP contribution in [0.3, 0.4) is 0 Å². The van der Waals surface area contributed by atoms with Gasteiger partial charge in [-0.05, 0) is 20.3 Å². The maximum absolute atomic E-state index is 10.6. The summed E-state index contributed by atoms with van der Waals surface area (Å²) in [5.74, 6) is 0.248. The molecule has 0 saturated heterocycles. The second-order valence-electron chi connectivity index (χ2n) is 2.56. The molecule has 1 rings (SSSR count). The van der Waals surface area contributed by atoms with Crippen LogP contribution < -0.4 is 0 Å². The van der Waals surface area contributed by atoms with Crippen LogP contribution in [0.1, 0.15) is 23.9 Å². The lowest BCUT2D eigenvalue weighted by molar-refractivity contribution is -0.116. The molecule has 0 unspecified atom stereocenters. The SMILES string of the molecule is CC(=O)CCc1scnc1C. The molecule has 2 nitrogen and oxygen atoms in total. The Bertz CT molecular complexity index is 254. The van der Waals surface area contributed by atoms with E-state index in [4.69, 9.17) is 0 Å². The highest BCUT2D eigenvalue weighted by atomic mass is 32.1. The highest BCUT2D eigenvalue weighted by Crippen LogP contribution is 2.13. The number of hydrogen-bond acceptors (Lipinski definition) is 3. The number of carbonyl (C=O) groups is 1. The fraction of sp³-hybridized carbons (Fsp3) is 0.500. The Balaban J connectivity index is 2.51. The molecule has 0 amide bonds. The van der Waals surface area contributed by atoms with Gasteiger partial charge in [0.25, 0.3) is 0 Å². The summed E-state index contributed by atoms with van der Waals surface area (Å²) in [5.41, 5.74) is 2.89. The maximum Gasteiger partial charge on any atom is 0.130 e. The zero-order valence-electron chi connectivity index (χ0n) is 6.76. The number of ketones is 1. The van der Waals surface area contributed by atoms with Crippen molar-refractivity contribution < 1.29 is 4.79 Å². The molecule has 0 aromatic carbocycles. The van der Waals surface area contributed by atoms with Crippen LogP contribution in [0.2, 0.25) is 0 Å². The third-order valence-corrected chi connectivity index (χ3v) is 2.54. The molecule has 1 aromatic rings. The van der Waals surface area contributed by atoms with E-state index in [1.165, 1.54) is 4.88 Å². The Kier molecular flexibility index (Phi) is 2.76. The minimum Gasteiger partial charge on any atom is -0.300 e. The lowest BCUT2D eigenvalue weighted by atomic mass is 10.2. The van der Waals surface area contributed by atoms with Crippen LogP contribution in [0, 0.1) is 6.92 Å². The number of Topliss-reactive ketones (excluding diaryl/α,β-unsaturated/α-hetero) is 1. The maximum atomic E-state index is 10.6. The van der Waals surface area contributed by atoms with Crippen molar-refractivity contribution in [2.75, 3.05) is 0 Å². The van der Waals surface area contributed by atoms with Gasteiger partial charge in [0.15, 0.2) is 0 Å². The molecule has 60 valence electrons. The molecule has 0 atom stereocenters. The summed E-state index contributed by atoms with van der Waals surface area (Å²) >= 11 is 1.63. The van der Waals surface area contributed by atoms with E-state index in [2.05, 4.69) is 4.98 Å². The van der Waals surface area contributed by atoms with E-state index >= 15 is 0 Å². The van der Waals surface area contributed by atoms with Crippen molar-refractivity contribution in [1.82, 2.24) is 4.98 Å². The molecule has 0 aliphatic carbocycles. The number of thiazole rings is 1. The van der Waals surface area contributed by atoms with Gasteiger partial charge in [0.2, 0.25) is 0 Å². The van der Waals surface area contributed by atoms with Crippen LogP contribution in [0.15, 0.2) is 5.51 Å². The number of carbonyl (C=O) groups excluding carboxylic acids is 1. The molecule has 0 fully saturated rings. The predicted octanol–water partition coefficient (Wildman–Crippen LogP) is 1.97. The van der Waals surface area contributed by atoms with Gasteiger partial charge in [-0.1, -0.05) is 0 Å². The Hall–Kier alpha value is -0.700. The second kappa shape index (κ2) is 3.62. The predicted molar refractivity (Wildman–Crippen MR) is 45.9 cm³/mol. The first-order chi connectivity index (χ1) is 5.20. The summed E-state index contributed by atoms with van der Waals surface area (Å²) in [4.78, 5) is 16.0. The van der Waals surface area contributed by atoms with Crippen LogP contribution >= 0.6 is 11.3 Å². The lowest BCUT2D eigenvalue weighted by Crippen LogP contribution is -1.93. The Morgan fingerprint density at radius 2 is 2.45 bits per heavy atom. The molecule has 11 heavy (non-hydrogen) atoms. The van der Waals surface area contributed by atoms with Gasteiger partial charge in [0.1, 0.15) is 5.78 Å². The molecule has 3 heteroatoms. The third kappa shape index (κ3) is 2.42. The smallest absolute Gasteiger partial charge is 0.130 e. The molecule has 0 bridgehead atoms. The van der Waals surface area contributed by atoms with Crippen molar-refractivity contribution in [2.24, 2.45) is 0 Å². The lowest BCUT2D eigenvalue weighted by Gasteiger charge is -1.93. The zero-order chi connectivity index (χ0) is 8.27. The van der Waals surface area contributed by atoms with E-state index < -0.39 is 0 Å². The highest BCUT2D eigenvalue weighted by Gasteiger charge is 2.01. The molecular weight excluding hydrogens is 158 g/mol. The molecule has 0 aliphatic rings. The van der Waals surface area contributed by atoms with Crippen LogP contribution in [0.5, 0.6) is 0 Å². The summed E-state index contributed by atoms with van der Waals surface area (Å²) < 4.78 is 0. The minimum atomic E-state index is 0.248. The Labute approximate surface area is 70.3 Å². The van der Waals surface area contributed by atoms with E-state index in [0.717, 1.165) is 12.1 Å². The van der Waals surface area contributed by atoms with Gasteiger partial charge in [-0.3, -0.25) is 0 Å². The number of rotatable bonds is 3. The van der Waals surface area contributed by atoms with E-state index in [1.54, 1.807) is 18.3 Å². The zero-order valence-corrected chi connectivity index (χ0v) is 7.57. The molecule has 0 saturated carbocycles. The van der Waals surface area contributed by atoms with Gasteiger partial charge >= 0.3 is 0 Å². The van der Waals surface area contributed by atoms with Crippen LogP contribution in [-0.4, -0.2) is 10.8 Å². The fourth-order valence-corrected chi connectivity index (χ4v) is 1.64. The van der Waals surface area contributed by atoms with Crippen molar-refractivity contribution in [2.45, 2.75) is 26.7 Å². The topological polar surface area (TPSA) is 30.0 Å². The van der Waals surface area contributed by atoms with E-state index in [-0.39, 0.29) is 5.78 Å². The van der Waals surface area contributed by atoms with Gasteiger partial charge in [0, 0.05) is 11.3 Å². The van der Waals surface area contributed by atoms with Gasteiger partial charge in [-0.15, -0.1) is 11.3 Å². The summed E-state index contributed by atoms with van der Waals surface area (Å²) in [7, 11) is 0. The minimum absolute atomic E-state index is 0.248. The van der Waals surface area contributed by atoms with Crippen molar-refractivity contribution in [3.63, 3.8) is 0 Å². The van der Waals surface area contributed by atoms with Crippen molar-refractivity contribution in [3.05, 3.63) is 16.1 Å². The molecule has 0 radical (unpaired) electrons. The first kappa shape index (κ1) is 8.40. The van der Waals surface area contributed by atoms with Crippen LogP contribution in [0.4, 0.5) is 0 Å². The molecule has 0 aliphatic heterocycles. The molecule has 0 spiro atoms. The Morgan fingerprint density at radius 1 is 1.73 bits per heavy atom. The first-order valence-corrected chi connectivity index (χ1v) is 4.46. The monoisotopic (exact) mass is 169 g/mol. The van der Waals surface area contributed by atoms with E-state index in [9.17, 15) is 4.79 Å². The van der Waals surface area contributed by atoms with Gasteiger partial charge in [-0.2, -0.15) is 0 Å². The standard InChI is InChI=1S/C8H11NOS/c1-6(10)3-4-8-7(2)9-5-11-8/h5H,3-4H2,1-2H3. The largest absolute Gasteiger partial charge is 0.300 e. The van der Waals surface area contributed by atoms with Crippen LogP contribution in [-0.2, 0) is 11.2 Å². The van der Waals surface area contributed by atoms with Crippen molar-refractivity contribution in [1.29, 1.82) is 0 Å². The second-order valence-corrected chi connectivity index (χ2v) is 3.50. The average molecular weight is 169 g/mol. The summed E-state index contributed by atoms with van der Waals surface area (Å²) in [5, 5.41) is 0. The van der Waals surface area contributed by atoms with E-state index in [1.807, 2.05) is 12.4 Å². The van der Waals surface area contributed by atoms with E-state index in [0.29, 0.717) is 6.42 Å². The summed E-state index contributed by atoms with van der Waals surface area (Å²) in [6.07, 6.45) is 1.49. The summed E-state index contributed by atoms with van der Waals surface area (Å²) in [6, 6.07) is 0. The summed E-state index contributed by atoms with van der Waals surface area (Å²) in [6.45, 7) is 3.60. The number of nitrogens with zero attached hydrogens (tertiary/aromatic N) is 1. The van der Waals surface area contributed by atoms with Gasteiger partial charge in [-0.25, -0.2) is 4.98 Å². The molecule has 1 heterocycles. The quantitative estimate of drug-likeness (QED) is 0.692. The van der Waals surface area contributed by atoms with Crippen molar-refractivity contribution in [3.8, 4) is 0 Å². The number of hydrogen-bond donors (Lipinski definition) is 0. The molecule has 0 N–H and O–H groups in total. The first-order valence-electron chi connectivity index (χ1n) is 3.58. The third-order valence-electron chi connectivity index (χ3n) is 1.55. The molecule has 1 aromatic heterocycles. The van der Waals surface area contributed by atoms with Crippen molar-refractivity contribution >= 4 is 17.1 Å². The highest BCUT2D eigenvalue weighted by molar-refractivity contribution is 7.09. The fourth-order valence-electron chi connectivity index (χ4n) is 0.856. The van der Waals surface area contributed by atoms with Gasteiger partial charge < -0.3 is 4.79 Å². The number of aryl methyl sites for hydroxylation is 2. The Morgan fingerprint density at radius 3 is 2.91 bits per heavy atom. The number of aromatic nitrogens is 1. The van der Waals surface area contributed by atoms with Crippen LogP contribution in [0.25, 0.3) is 0 Å².